The van der Waals surface area contributed by atoms with Crippen molar-refractivity contribution in [2.45, 2.75) is 26.7 Å². The number of phenolic OH excluding ortho intramolecular Hbond substituents is 1. The van der Waals surface area contributed by atoms with Gasteiger partial charge in [-0.3, -0.25) is 14.5 Å². The molecule has 0 aliphatic heterocycles. The minimum Gasteiger partial charge on any atom is -0.508 e. The van der Waals surface area contributed by atoms with E-state index in [9.17, 15) is 14.7 Å². The molecule has 7 nitrogen and oxygen atoms in total. The lowest BCUT2D eigenvalue weighted by molar-refractivity contribution is -0.109. The second kappa shape index (κ2) is 9.26. The van der Waals surface area contributed by atoms with Crippen LogP contribution in [0.5, 0.6) is 11.5 Å². The molecule has 3 aromatic rings. The zero-order valence-corrected chi connectivity index (χ0v) is 19.2. The minimum absolute atomic E-state index is 0.00202. The van der Waals surface area contributed by atoms with Gasteiger partial charge in [-0.05, 0) is 74.1 Å². The standard InChI is InChI=1S/C23H22ClN3O4S/c1-13-9-16(10-14(2)20(13)31-8-7-28)21-25-26-23(32-21)27(12-15-3-4-15)22(30)18-6-5-17(29)11-19(18)24/h5-7,9-11,15,29H,3-4,8,12H2,1-2H3. The van der Waals surface area contributed by atoms with Crippen LogP contribution in [0.25, 0.3) is 10.6 Å². The molecule has 0 radical (unpaired) electrons. The molecular formula is C23H22ClN3O4S. The number of aryl methyl sites for hydroxylation is 2. The Morgan fingerprint density at radius 3 is 2.59 bits per heavy atom. The van der Waals surface area contributed by atoms with Crippen molar-refractivity contribution in [2.75, 3.05) is 18.1 Å². The third kappa shape index (κ3) is 4.76. The van der Waals surface area contributed by atoms with Gasteiger partial charge in [0.25, 0.3) is 5.91 Å². The normalized spacial score (nSPS) is 13.1. The Balaban J connectivity index is 1.65. The van der Waals surface area contributed by atoms with Gasteiger partial charge in [0.1, 0.15) is 23.1 Å². The number of amides is 1. The third-order valence-corrected chi connectivity index (χ3v) is 6.52. The molecule has 1 heterocycles. The molecule has 0 atom stereocenters. The van der Waals surface area contributed by atoms with Crippen LogP contribution in [0.15, 0.2) is 30.3 Å². The summed E-state index contributed by atoms with van der Waals surface area (Å²) in [4.78, 5) is 25.6. The van der Waals surface area contributed by atoms with Gasteiger partial charge in [0, 0.05) is 12.1 Å². The van der Waals surface area contributed by atoms with E-state index < -0.39 is 0 Å². The Hall–Kier alpha value is -2.97. The molecule has 2 aromatic carbocycles. The topological polar surface area (TPSA) is 92.6 Å². The second-order valence-electron chi connectivity index (χ2n) is 7.83. The maximum absolute atomic E-state index is 13.3. The number of carbonyl (C=O) groups excluding carboxylic acids is 2. The number of benzene rings is 2. The van der Waals surface area contributed by atoms with E-state index in [1.165, 1.54) is 29.5 Å². The van der Waals surface area contributed by atoms with Crippen molar-refractivity contribution < 1.29 is 19.4 Å². The summed E-state index contributed by atoms with van der Waals surface area (Å²) >= 11 is 7.55. The lowest BCUT2D eigenvalue weighted by Crippen LogP contribution is -2.33. The van der Waals surface area contributed by atoms with Gasteiger partial charge in [0.2, 0.25) is 5.13 Å². The van der Waals surface area contributed by atoms with Gasteiger partial charge in [0.05, 0.1) is 10.6 Å². The average Bonchev–Trinajstić information content (AvgIpc) is 3.44. The number of nitrogens with zero attached hydrogens (tertiary/aromatic N) is 3. The fourth-order valence-corrected chi connectivity index (χ4v) is 4.58. The monoisotopic (exact) mass is 471 g/mol. The molecule has 4 rings (SSSR count). The maximum Gasteiger partial charge on any atom is 0.261 e. The van der Waals surface area contributed by atoms with Crippen LogP contribution >= 0.6 is 22.9 Å². The Morgan fingerprint density at radius 2 is 1.97 bits per heavy atom. The van der Waals surface area contributed by atoms with Crippen molar-refractivity contribution in [3.8, 4) is 22.1 Å². The number of aromatic hydroxyl groups is 1. The zero-order valence-electron chi connectivity index (χ0n) is 17.7. The molecule has 9 heteroatoms. The molecule has 166 valence electrons. The predicted octanol–water partition coefficient (Wildman–Crippen LogP) is 4.82. The second-order valence-corrected chi connectivity index (χ2v) is 9.19. The minimum atomic E-state index is -0.269. The number of phenols is 1. The number of anilines is 1. The Kier molecular flexibility index (Phi) is 6.43. The number of hydrogen-bond acceptors (Lipinski definition) is 7. The van der Waals surface area contributed by atoms with Crippen molar-refractivity contribution in [2.24, 2.45) is 5.92 Å². The first kappa shape index (κ1) is 22.2. The first-order valence-electron chi connectivity index (χ1n) is 10.2. The highest BCUT2D eigenvalue weighted by Gasteiger charge is 2.31. The molecule has 0 saturated heterocycles. The Bertz CT molecular complexity index is 1150. The Morgan fingerprint density at radius 1 is 1.25 bits per heavy atom. The van der Waals surface area contributed by atoms with Crippen molar-refractivity contribution in [3.05, 3.63) is 52.0 Å². The summed E-state index contributed by atoms with van der Waals surface area (Å²) in [6, 6.07) is 8.18. The van der Waals surface area contributed by atoms with Crippen LogP contribution < -0.4 is 9.64 Å². The van der Waals surface area contributed by atoms with E-state index in [0.29, 0.717) is 33.9 Å². The van der Waals surface area contributed by atoms with Gasteiger partial charge in [0.15, 0.2) is 6.29 Å². The van der Waals surface area contributed by atoms with Crippen molar-refractivity contribution in [1.29, 1.82) is 0 Å². The molecule has 1 aromatic heterocycles. The van der Waals surface area contributed by atoms with E-state index in [2.05, 4.69) is 10.2 Å². The van der Waals surface area contributed by atoms with Gasteiger partial charge in [-0.2, -0.15) is 0 Å². The quantitative estimate of drug-likeness (QED) is 0.474. The van der Waals surface area contributed by atoms with Gasteiger partial charge in [-0.1, -0.05) is 22.9 Å². The first-order valence-corrected chi connectivity index (χ1v) is 11.4. The molecule has 32 heavy (non-hydrogen) atoms. The van der Waals surface area contributed by atoms with Gasteiger partial charge < -0.3 is 9.84 Å². The SMILES string of the molecule is Cc1cc(-c2nnc(N(CC3CC3)C(=O)c3ccc(O)cc3Cl)s2)cc(C)c1OCC=O. The molecule has 0 bridgehead atoms. The number of aromatic nitrogens is 2. The van der Waals surface area contributed by atoms with Crippen molar-refractivity contribution in [1.82, 2.24) is 10.2 Å². The Labute approximate surface area is 194 Å². The highest BCUT2D eigenvalue weighted by atomic mass is 35.5. The smallest absolute Gasteiger partial charge is 0.261 e. The van der Waals surface area contributed by atoms with E-state index >= 15 is 0 Å². The van der Waals surface area contributed by atoms with Crippen LogP contribution in [-0.4, -0.2) is 40.6 Å². The summed E-state index contributed by atoms with van der Waals surface area (Å²) in [6.45, 7) is 4.37. The van der Waals surface area contributed by atoms with Crippen LogP contribution in [0.3, 0.4) is 0 Å². The molecule has 0 spiro atoms. The van der Waals surface area contributed by atoms with Gasteiger partial charge in [-0.25, -0.2) is 0 Å². The van der Waals surface area contributed by atoms with Crippen LogP contribution in [0.2, 0.25) is 5.02 Å². The summed E-state index contributed by atoms with van der Waals surface area (Å²) in [5, 5.41) is 19.6. The van der Waals surface area contributed by atoms with E-state index in [1.807, 2.05) is 26.0 Å². The van der Waals surface area contributed by atoms with Crippen LogP contribution in [0.4, 0.5) is 5.13 Å². The molecule has 1 saturated carbocycles. The summed E-state index contributed by atoms with van der Waals surface area (Å²) in [5.74, 6) is 0.846. The van der Waals surface area contributed by atoms with Gasteiger partial charge in [-0.15, -0.1) is 10.2 Å². The van der Waals surface area contributed by atoms with E-state index in [-0.39, 0.29) is 23.3 Å². The van der Waals surface area contributed by atoms with E-state index in [4.69, 9.17) is 16.3 Å². The summed E-state index contributed by atoms with van der Waals surface area (Å²) in [6.07, 6.45) is 2.86. The first-order chi connectivity index (χ1) is 15.4. The lowest BCUT2D eigenvalue weighted by atomic mass is 10.1. The fourth-order valence-electron chi connectivity index (χ4n) is 3.49. The molecule has 1 N–H and O–H groups in total. The summed E-state index contributed by atoms with van der Waals surface area (Å²) in [5.41, 5.74) is 2.95. The fraction of sp³-hybridized carbons (Fsp3) is 0.304. The average molecular weight is 472 g/mol. The largest absolute Gasteiger partial charge is 0.508 e. The predicted molar refractivity (Wildman–Crippen MR) is 124 cm³/mol. The van der Waals surface area contributed by atoms with E-state index in [1.54, 1.807) is 4.90 Å². The lowest BCUT2D eigenvalue weighted by Gasteiger charge is -2.19. The molecule has 1 aliphatic rings. The van der Waals surface area contributed by atoms with Crippen molar-refractivity contribution in [3.63, 3.8) is 0 Å². The highest BCUT2D eigenvalue weighted by Crippen LogP contribution is 2.37. The molecular weight excluding hydrogens is 450 g/mol. The molecule has 1 fully saturated rings. The summed E-state index contributed by atoms with van der Waals surface area (Å²) in [7, 11) is 0. The maximum atomic E-state index is 13.3. The highest BCUT2D eigenvalue weighted by molar-refractivity contribution is 7.18. The molecule has 0 unspecified atom stereocenters. The number of hydrogen-bond donors (Lipinski definition) is 1. The third-order valence-electron chi connectivity index (χ3n) is 5.21. The van der Waals surface area contributed by atoms with Crippen LogP contribution in [-0.2, 0) is 4.79 Å². The van der Waals surface area contributed by atoms with Crippen LogP contribution in [0, 0.1) is 19.8 Å². The van der Waals surface area contributed by atoms with Crippen LogP contribution in [0.1, 0.15) is 34.3 Å². The number of ether oxygens (including phenoxy) is 1. The summed E-state index contributed by atoms with van der Waals surface area (Å²) < 4.78 is 5.52. The number of halogens is 1. The number of rotatable bonds is 8. The van der Waals surface area contributed by atoms with E-state index in [0.717, 1.165) is 35.8 Å². The van der Waals surface area contributed by atoms with Crippen molar-refractivity contribution >= 4 is 40.3 Å². The number of carbonyl (C=O) groups is 2. The van der Waals surface area contributed by atoms with Gasteiger partial charge >= 0.3 is 0 Å². The molecule has 1 aliphatic carbocycles. The number of aldehydes is 1. The molecule has 1 amide bonds. The zero-order chi connectivity index (χ0) is 22.8.